The lowest BCUT2D eigenvalue weighted by atomic mass is 10.1. The minimum atomic E-state index is -0.530. The molecule has 7 nitrogen and oxygen atoms in total. The number of rotatable bonds is 6. The number of hydrogen-bond donors (Lipinski definition) is 2. The van der Waals surface area contributed by atoms with Gasteiger partial charge in [-0.2, -0.15) is 0 Å². The number of amides is 2. The second kappa shape index (κ2) is 7.82. The summed E-state index contributed by atoms with van der Waals surface area (Å²) in [6.07, 6.45) is 0.495. The van der Waals surface area contributed by atoms with E-state index in [1.807, 2.05) is 31.2 Å². The van der Waals surface area contributed by atoms with Crippen LogP contribution < -0.4 is 11.1 Å². The second-order valence-electron chi connectivity index (χ2n) is 6.26. The fourth-order valence-corrected chi connectivity index (χ4v) is 2.64. The third kappa shape index (κ3) is 4.38. The molecule has 0 atom stereocenters. The van der Waals surface area contributed by atoms with Crippen LogP contribution >= 0.6 is 0 Å². The van der Waals surface area contributed by atoms with E-state index in [0.717, 1.165) is 11.1 Å². The highest BCUT2D eigenvalue weighted by Crippen LogP contribution is 2.20. The van der Waals surface area contributed by atoms with Crippen LogP contribution in [0.5, 0.6) is 0 Å². The summed E-state index contributed by atoms with van der Waals surface area (Å²) in [4.78, 5) is 23.6. The number of nitrogens with two attached hydrogens (primary N) is 1. The van der Waals surface area contributed by atoms with Gasteiger partial charge in [0.1, 0.15) is 0 Å². The third-order valence-electron chi connectivity index (χ3n) is 4.20. The van der Waals surface area contributed by atoms with Gasteiger partial charge in [-0.1, -0.05) is 23.8 Å². The van der Waals surface area contributed by atoms with E-state index in [9.17, 15) is 9.59 Å². The van der Waals surface area contributed by atoms with Gasteiger partial charge in [0.25, 0.3) is 0 Å². The molecule has 0 radical (unpaired) electrons. The van der Waals surface area contributed by atoms with Gasteiger partial charge in [0.05, 0.1) is 0 Å². The minimum absolute atomic E-state index is 0.176. The molecule has 3 aromatic rings. The number of carbonyl (C=O) groups is 2. The number of primary amides is 1. The molecular formula is C20H20N4O3. The van der Waals surface area contributed by atoms with Crippen molar-refractivity contribution in [1.29, 1.82) is 0 Å². The highest BCUT2D eigenvalue weighted by Gasteiger charge is 2.13. The van der Waals surface area contributed by atoms with Gasteiger partial charge in [0.2, 0.25) is 23.6 Å². The maximum Gasteiger partial charge on any atom is 0.249 e. The van der Waals surface area contributed by atoms with E-state index < -0.39 is 5.91 Å². The Balaban J connectivity index is 1.61. The quantitative estimate of drug-likeness (QED) is 0.698. The molecule has 0 spiro atoms. The summed E-state index contributed by atoms with van der Waals surface area (Å²) < 4.78 is 5.62. The summed E-state index contributed by atoms with van der Waals surface area (Å²) in [6, 6.07) is 12.8. The van der Waals surface area contributed by atoms with Crippen LogP contribution in [0, 0.1) is 13.8 Å². The molecular weight excluding hydrogens is 344 g/mol. The standard InChI is InChI=1S/C20H20N4O3/c1-12-6-8-14(9-7-12)20-24-23-18(27-20)11-10-17(25)22-16-5-3-4-15(13(16)2)19(21)26/h3-9H,10-11H2,1-2H3,(H2,21,26)(H,22,25). The molecule has 0 aliphatic rings. The molecule has 7 heteroatoms. The van der Waals surface area contributed by atoms with Crippen LogP contribution in [0.2, 0.25) is 0 Å². The fourth-order valence-electron chi connectivity index (χ4n) is 2.64. The molecule has 0 fully saturated rings. The molecule has 0 saturated heterocycles. The monoisotopic (exact) mass is 364 g/mol. The zero-order valence-corrected chi connectivity index (χ0v) is 15.2. The van der Waals surface area contributed by atoms with Crippen molar-refractivity contribution in [3.63, 3.8) is 0 Å². The van der Waals surface area contributed by atoms with E-state index in [4.69, 9.17) is 10.2 Å². The molecule has 3 rings (SSSR count). The molecule has 1 aromatic heterocycles. The van der Waals surface area contributed by atoms with E-state index in [2.05, 4.69) is 15.5 Å². The van der Waals surface area contributed by atoms with Crippen molar-refractivity contribution in [2.24, 2.45) is 5.73 Å². The summed E-state index contributed by atoms with van der Waals surface area (Å²) in [5.74, 6) is 0.0756. The Kier molecular flexibility index (Phi) is 5.30. The van der Waals surface area contributed by atoms with Crippen LogP contribution in [-0.4, -0.2) is 22.0 Å². The zero-order valence-electron chi connectivity index (χ0n) is 15.2. The lowest BCUT2D eigenvalue weighted by Crippen LogP contribution is -2.17. The molecule has 0 aliphatic carbocycles. The van der Waals surface area contributed by atoms with Gasteiger partial charge < -0.3 is 15.5 Å². The van der Waals surface area contributed by atoms with Crippen molar-refractivity contribution in [1.82, 2.24) is 10.2 Å². The summed E-state index contributed by atoms with van der Waals surface area (Å²) in [5.41, 5.74) is 8.88. The van der Waals surface area contributed by atoms with Crippen LogP contribution in [0.3, 0.4) is 0 Å². The lowest BCUT2D eigenvalue weighted by Gasteiger charge is -2.10. The van der Waals surface area contributed by atoms with Gasteiger partial charge in [-0.3, -0.25) is 9.59 Å². The maximum atomic E-state index is 12.2. The Morgan fingerprint density at radius 2 is 1.81 bits per heavy atom. The average molecular weight is 364 g/mol. The topological polar surface area (TPSA) is 111 Å². The van der Waals surface area contributed by atoms with Gasteiger partial charge in [0, 0.05) is 29.7 Å². The number of aryl methyl sites for hydroxylation is 2. The maximum absolute atomic E-state index is 12.2. The van der Waals surface area contributed by atoms with Gasteiger partial charge in [-0.25, -0.2) is 0 Å². The minimum Gasteiger partial charge on any atom is -0.421 e. The average Bonchev–Trinajstić information content (AvgIpc) is 3.11. The van der Waals surface area contributed by atoms with Gasteiger partial charge in [-0.15, -0.1) is 10.2 Å². The Morgan fingerprint density at radius 1 is 1.07 bits per heavy atom. The summed E-state index contributed by atoms with van der Waals surface area (Å²) in [7, 11) is 0. The Bertz CT molecular complexity index is 977. The van der Waals surface area contributed by atoms with Crippen LogP contribution in [0.4, 0.5) is 5.69 Å². The Labute approximate surface area is 156 Å². The number of nitrogens with one attached hydrogen (secondary N) is 1. The van der Waals surface area contributed by atoms with E-state index in [0.29, 0.717) is 35.0 Å². The smallest absolute Gasteiger partial charge is 0.249 e. The van der Waals surface area contributed by atoms with Crippen molar-refractivity contribution in [3.8, 4) is 11.5 Å². The summed E-state index contributed by atoms with van der Waals surface area (Å²) >= 11 is 0. The van der Waals surface area contributed by atoms with Crippen LogP contribution in [0.1, 0.15) is 33.8 Å². The highest BCUT2D eigenvalue weighted by molar-refractivity contribution is 5.98. The number of hydrogen-bond acceptors (Lipinski definition) is 5. The van der Waals surface area contributed by atoms with Crippen molar-refractivity contribution in [2.75, 3.05) is 5.32 Å². The van der Waals surface area contributed by atoms with E-state index in [-0.39, 0.29) is 12.3 Å². The molecule has 3 N–H and O–H groups in total. The van der Waals surface area contributed by atoms with Crippen LogP contribution in [-0.2, 0) is 11.2 Å². The largest absolute Gasteiger partial charge is 0.421 e. The Morgan fingerprint density at radius 3 is 2.52 bits per heavy atom. The summed E-state index contributed by atoms with van der Waals surface area (Å²) in [6.45, 7) is 3.74. The predicted molar refractivity (Wildman–Crippen MR) is 101 cm³/mol. The van der Waals surface area contributed by atoms with Crippen LogP contribution in [0.15, 0.2) is 46.9 Å². The number of benzene rings is 2. The SMILES string of the molecule is Cc1ccc(-c2nnc(CCC(=O)Nc3cccc(C(N)=O)c3C)o2)cc1. The van der Waals surface area contributed by atoms with Crippen molar-refractivity contribution < 1.29 is 14.0 Å². The van der Waals surface area contributed by atoms with Gasteiger partial charge in [0.15, 0.2) is 0 Å². The molecule has 1 heterocycles. The van der Waals surface area contributed by atoms with Crippen molar-refractivity contribution >= 4 is 17.5 Å². The van der Waals surface area contributed by atoms with Crippen LogP contribution in [0.25, 0.3) is 11.5 Å². The predicted octanol–water partition coefficient (Wildman–Crippen LogP) is 3.02. The normalized spacial score (nSPS) is 10.6. The van der Waals surface area contributed by atoms with Gasteiger partial charge >= 0.3 is 0 Å². The second-order valence-corrected chi connectivity index (χ2v) is 6.26. The molecule has 0 bridgehead atoms. The van der Waals surface area contributed by atoms with Gasteiger partial charge in [-0.05, 0) is 43.7 Å². The zero-order chi connectivity index (χ0) is 19.4. The summed E-state index contributed by atoms with van der Waals surface area (Å²) in [5, 5.41) is 10.8. The van der Waals surface area contributed by atoms with Crippen molar-refractivity contribution in [3.05, 3.63) is 65.0 Å². The molecule has 2 amide bonds. The van der Waals surface area contributed by atoms with E-state index >= 15 is 0 Å². The first-order chi connectivity index (χ1) is 12.9. The Hall–Kier alpha value is -3.48. The lowest BCUT2D eigenvalue weighted by molar-refractivity contribution is -0.116. The number of aromatic nitrogens is 2. The first-order valence-corrected chi connectivity index (χ1v) is 8.52. The fraction of sp³-hybridized carbons (Fsp3) is 0.200. The first-order valence-electron chi connectivity index (χ1n) is 8.52. The number of carbonyl (C=O) groups excluding carboxylic acids is 2. The molecule has 27 heavy (non-hydrogen) atoms. The number of nitrogens with zero attached hydrogens (tertiary/aromatic N) is 2. The first kappa shape index (κ1) is 18.3. The number of anilines is 1. The van der Waals surface area contributed by atoms with E-state index in [1.165, 1.54) is 0 Å². The highest BCUT2D eigenvalue weighted by atomic mass is 16.4. The molecule has 0 unspecified atom stereocenters. The third-order valence-corrected chi connectivity index (χ3v) is 4.20. The van der Waals surface area contributed by atoms with Crippen molar-refractivity contribution in [2.45, 2.75) is 26.7 Å². The molecule has 2 aromatic carbocycles. The molecule has 0 aliphatic heterocycles. The molecule has 138 valence electrons. The molecule has 0 saturated carbocycles. The van der Waals surface area contributed by atoms with E-state index in [1.54, 1.807) is 25.1 Å².